The van der Waals surface area contributed by atoms with Crippen molar-refractivity contribution >= 4 is 18.0 Å². The lowest BCUT2D eigenvalue weighted by Gasteiger charge is -2.40. The lowest BCUT2D eigenvalue weighted by Crippen LogP contribution is -2.68. The Bertz CT molecular complexity index is 1440. The van der Waals surface area contributed by atoms with Gasteiger partial charge in [0.25, 0.3) is 0 Å². The Labute approximate surface area is 236 Å². The van der Waals surface area contributed by atoms with Crippen LogP contribution >= 0.6 is 0 Å². The zero-order valence-corrected chi connectivity index (χ0v) is 22.3. The van der Waals surface area contributed by atoms with Crippen LogP contribution in [-0.2, 0) is 24.7 Å². The maximum Gasteiger partial charge on any atom is 0.412 e. The molecular weight excluding hydrogens is 572 g/mol. The van der Waals surface area contributed by atoms with Crippen molar-refractivity contribution in [3.8, 4) is 11.1 Å². The summed E-state index contributed by atoms with van der Waals surface area (Å²) in [5, 5.41) is 10.4. The number of hydrogen-bond donors (Lipinski definition) is 2. The van der Waals surface area contributed by atoms with Crippen LogP contribution in [0.3, 0.4) is 0 Å². The van der Waals surface area contributed by atoms with Gasteiger partial charge >= 0.3 is 35.6 Å². The summed E-state index contributed by atoms with van der Waals surface area (Å²) in [5.74, 6) is -13.3. The van der Waals surface area contributed by atoms with E-state index in [1.807, 2.05) is 0 Å². The quantitative estimate of drug-likeness (QED) is 0.160. The maximum atomic E-state index is 15.7. The van der Waals surface area contributed by atoms with Crippen molar-refractivity contribution in [1.82, 2.24) is 5.32 Å². The number of carbonyl (C=O) groups is 3. The number of amides is 1. The van der Waals surface area contributed by atoms with Gasteiger partial charge in [0.05, 0.1) is 0 Å². The van der Waals surface area contributed by atoms with Crippen LogP contribution in [0.25, 0.3) is 11.1 Å². The molecule has 13 heteroatoms. The minimum Gasteiger partial charge on any atom is -0.478 e. The summed E-state index contributed by atoms with van der Waals surface area (Å²) < 4.78 is 101. The molecule has 2 atom stereocenters. The molecule has 0 aromatic heterocycles. The first-order valence-corrected chi connectivity index (χ1v) is 12.2. The highest BCUT2D eigenvalue weighted by Crippen LogP contribution is 2.50. The Balaban J connectivity index is 2.07. The van der Waals surface area contributed by atoms with Crippen LogP contribution < -0.4 is 5.32 Å². The number of rotatable bonds is 9. The predicted molar refractivity (Wildman–Crippen MR) is 137 cm³/mol. The fourth-order valence-corrected chi connectivity index (χ4v) is 3.87. The summed E-state index contributed by atoms with van der Waals surface area (Å²) in [4.78, 5) is 37.1. The van der Waals surface area contributed by atoms with E-state index in [-0.39, 0.29) is 0 Å². The zero-order chi connectivity index (χ0) is 31.5. The van der Waals surface area contributed by atoms with Crippen molar-refractivity contribution in [3.05, 3.63) is 95.8 Å². The van der Waals surface area contributed by atoms with Crippen molar-refractivity contribution in [1.29, 1.82) is 0 Å². The molecule has 0 fully saturated rings. The van der Waals surface area contributed by atoms with E-state index >= 15 is 22.0 Å². The second-order valence-corrected chi connectivity index (χ2v) is 10.0. The smallest absolute Gasteiger partial charge is 0.412 e. The Hall–Kier alpha value is -4.55. The number of carboxylic acids is 1. The maximum absolute atomic E-state index is 15.7. The number of carboxylic acid groups (broad SMARTS) is 1. The second-order valence-electron chi connectivity index (χ2n) is 10.0. The van der Waals surface area contributed by atoms with Gasteiger partial charge in [-0.3, -0.25) is 5.32 Å². The van der Waals surface area contributed by atoms with Crippen LogP contribution in [0.2, 0.25) is 0 Å². The number of alkyl halides is 5. The summed E-state index contributed by atoms with van der Waals surface area (Å²) in [6, 6.07) is 10.1. The van der Waals surface area contributed by atoms with E-state index in [4.69, 9.17) is 0 Å². The average molecular weight is 598 g/mol. The number of alkyl carbamates (subject to hydrolysis) is 1. The van der Waals surface area contributed by atoms with Gasteiger partial charge in [0.15, 0.2) is 0 Å². The first kappa shape index (κ1) is 32.0. The molecule has 0 saturated carbocycles. The van der Waals surface area contributed by atoms with E-state index in [2.05, 4.69) is 9.47 Å². The molecule has 0 aliphatic carbocycles. The van der Waals surface area contributed by atoms with Gasteiger partial charge in [-0.1, -0.05) is 72.8 Å². The summed E-state index contributed by atoms with van der Waals surface area (Å²) >= 11 is 0. The third kappa shape index (κ3) is 6.34. The van der Waals surface area contributed by atoms with Crippen LogP contribution in [0.15, 0.2) is 78.9 Å². The molecule has 3 aromatic carbocycles. The van der Waals surface area contributed by atoms with E-state index in [1.165, 1.54) is 32.9 Å². The van der Waals surface area contributed by atoms with E-state index in [0.717, 1.165) is 24.3 Å². The lowest BCUT2D eigenvalue weighted by molar-refractivity contribution is -0.306. The highest BCUT2D eigenvalue weighted by atomic mass is 19.3. The second kappa shape index (κ2) is 11.7. The number of aliphatic carboxylic acids is 1. The molecule has 2 N–H and O–H groups in total. The number of ether oxygens (including phenoxy) is 2. The molecule has 224 valence electrons. The van der Waals surface area contributed by atoms with E-state index in [9.17, 15) is 23.9 Å². The summed E-state index contributed by atoms with van der Waals surface area (Å²) in [5.41, 5.74) is -7.31. The Morgan fingerprint density at radius 3 is 1.83 bits per heavy atom. The number of carbonyl (C=O) groups excluding carboxylic acids is 2. The third-order valence-electron chi connectivity index (χ3n) is 5.82. The Morgan fingerprint density at radius 2 is 1.31 bits per heavy atom. The average Bonchev–Trinajstić information content (AvgIpc) is 2.90. The predicted octanol–water partition coefficient (Wildman–Crippen LogP) is 6.78. The van der Waals surface area contributed by atoms with Crippen molar-refractivity contribution in [3.63, 3.8) is 0 Å². The fourth-order valence-electron chi connectivity index (χ4n) is 3.87. The normalized spacial score (nSPS) is 14.3. The molecule has 0 aliphatic heterocycles. The molecule has 1 unspecified atom stereocenters. The summed E-state index contributed by atoms with van der Waals surface area (Å²) in [6.07, 6.45) is -5.07. The van der Waals surface area contributed by atoms with Gasteiger partial charge in [-0.05, 0) is 43.5 Å². The van der Waals surface area contributed by atoms with Crippen LogP contribution in [-0.4, -0.2) is 40.7 Å². The highest BCUT2D eigenvalue weighted by molar-refractivity contribution is 5.87. The number of nitrogens with one attached hydrogen (secondary N) is 1. The molecule has 0 heterocycles. The van der Waals surface area contributed by atoms with Gasteiger partial charge in [-0.15, -0.1) is 0 Å². The van der Waals surface area contributed by atoms with Gasteiger partial charge in [0, 0.05) is 5.56 Å². The first-order valence-electron chi connectivity index (χ1n) is 12.2. The lowest BCUT2D eigenvalue weighted by atomic mass is 9.84. The fraction of sp³-hybridized carbons (Fsp3) is 0.276. The summed E-state index contributed by atoms with van der Waals surface area (Å²) in [7, 11) is 0. The molecule has 3 rings (SSSR count). The minimum absolute atomic E-state index is 0.343. The largest absolute Gasteiger partial charge is 0.478 e. The van der Waals surface area contributed by atoms with Crippen LogP contribution in [0.1, 0.15) is 38.1 Å². The number of benzene rings is 3. The van der Waals surface area contributed by atoms with Crippen molar-refractivity contribution < 1.29 is 55.3 Å². The SMILES string of the molecule is CC(C)(C)OC(=O)NC(F)(F)C(F)(F)[C@@](OC(=O)C(F)c1ccc(-c2ccccc2)cc1)(C(=O)O)c1ccccc1F. The van der Waals surface area contributed by atoms with E-state index in [0.29, 0.717) is 28.6 Å². The van der Waals surface area contributed by atoms with Crippen molar-refractivity contribution in [2.45, 2.75) is 50.1 Å². The molecule has 42 heavy (non-hydrogen) atoms. The topological polar surface area (TPSA) is 102 Å². The monoisotopic (exact) mass is 597 g/mol. The molecule has 1 amide bonds. The standard InChI is InChI=1S/C29H25F6NO6/c1-26(2,3)42-25(40)36-29(34,35)28(32,33)27(24(38)39,20-11-7-8-12-21(20)30)41-23(37)22(31)19-15-13-18(14-16-19)17-9-5-4-6-10-17/h4-16,22H,1-3H3,(H,36,40)(H,38,39)/t22?,27-/m0/s1. The van der Waals surface area contributed by atoms with Gasteiger partial charge < -0.3 is 14.6 Å². The molecule has 7 nitrogen and oxygen atoms in total. The third-order valence-corrected chi connectivity index (χ3v) is 5.82. The molecule has 0 radical (unpaired) electrons. The van der Waals surface area contributed by atoms with Crippen molar-refractivity contribution in [2.24, 2.45) is 0 Å². The Kier molecular flexibility index (Phi) is 8.94. The van der Waals surface area contributed by atoms with Gasteiger partial charge in [-0.2, -0.15) is 17.6 Å². The first-order chi connectivity index (χ1) is 19.4. The van der Waals surface area contributed by atoms with Crippen LogP contribution in [0, 0.1) is 5.82 Å². The molecule has 0 saturated heterocycles. The summed E-state index contributed by atoms with van der Waals surface area (Å²) in [6.45, 7) is 3.66. The van der Waals surface area contributed by atoms with E-state index in [1.54, 1.807) is 30.3 Å². The molecule has 0 aliphatic rings. The minimum atomic E-state index is -6.13. The number of esters is 1. The molecule has 3 aromatic rings. The van der Waals surface area contributed by atoms with Gasteiger partial charge in [-0.25, -0.2) is 23.2 Å². The van der Waals surface area contributed by atoms with Crippen LogP contribution in [0.5, 0.6) is 0 Å². The van der Waals surface area contributed by atoms with Crippen molar-refractivity contribution in [2.75, 3.05) is 0 Å². The molecular formula is C29H25F6NO6. The molecule has 0 spiro atoms. The highest BCUT2D eigenvalue weighted by Gasteiger charge is 2.77. The van der Waals surface area contributed by atoms with Gasteiger partial charge in [0.2, 0.25) is 6.17 Å². The number of hydrogen-bond acceptors (Lipinski definition) is 5. The Morgan fingerprint density at radius 1 is 0.786 bits per heavy atom. The van der Waals surface area contributed by atoms with Gasteiger partial charge in [0.1, 0.15) is 11.4 Å². The number of halogens is 6. The van der Waals surface area contributed by atoms with E-state index < -0.39 is 64.3 Å². The molecule has 0 bridgehead atoms. The van der Waals surface area contributed by atoms with Crippen LogP contribution in [0.4, 0.5) is 31.1 Å². The zero-order valence-electron chi connectivity index (χ0n) is 22.3.